The van der Waals surface area contributed by atoms with E-state index in [1.807, 2.05) is 79.9 Å². The number of carbonyl (C=O) groups excluding carboxylic acids is 3. The van der Waals surface area contributed by atoms with E-state index in [9.17, 15) is 19.5 Å². The Kier molecular flexibility index (Phi) is 9.15. The van der Waals surface area contributed by atoms with E-state index in [-0.39, 0.29) is 37.3 Å². The number of hydrogen-bond acceptors (Lipinski definition) is 8. The Morgan fingerprint density at radius 3 is 2.55 bits per heavy atom. The van der Waals surface area contributed by atoms with Crippen LogP contribution in [0.15, 0.2) is 85.1 Å². The number of β-lactam (4-membered cyclic amide) rings is 1. The van der Waals surface area contributed by atoms with E-state index in [0.29, 0.717) is 35.6 Å². The molecule has 4 aromatic rings. The van der Waals surface area contributed by atoms with Gasteiger partial charge < -0.3 is 23.6 Å². The quantitative estimate of drug-likeness (QED) is 0.0944. The molecule has 0 aliphatic carbocycles. The molecule has 4 heterocycles. The van der Waals surface area contributed by atoms with Crippen LogP contribution in [0.2, 0.25) is 18.6 Å². The van der Waals surface area contributed by atoms with E-state index in [1.165, 1.54) is 11.8 Å². The number of rotatable bonds is 11. The maximum absolute atomic E-state index is 16.4. The summed E-state index contributed by atoms with van der Waals surface area (Å²) in [4.78, 5) is 42.0. The normalized spacial score (nSPS) is 24.9. The lowest BCUT2D eigenvalue weighted by Crippen LogP contribution is -2.54. The van der Waals surface area contributed by atoms with Crippen LogP contribution in [0.25, 0.3) is 0 Å². The molecule has 13 heteroatoms. The number of anilines is 2. The summed E-state index contributed by atoms with van der Waals surface area (Å²) in [6.45, 7) is 7.07. The van der Waals surface area contributed by atoms with Crippen molar-refractivity contribution in [2.75, 3.05) is 16.4 Å². The lowest BCUT2D eigenvalue weighted by atomic mass is 9.82. The van der Waals surface area contributed by atoms with E-state index in [0.717, 1.165) is 11.1 Å². The minimum absolute atomic E-state index is 0.116. The summed E-state index contributed by atoms with van der Waals surface area (Å²) in [5, 5.41) is 18.8. The molecule has 2 amide bonds. The van der Waals surface area contributed by atoms with E-state index >= 15 is 4.11 Å². The van der Waals surface area contributed by atoms with Crippen molar-refractivity contribution in [3.05, 3.63) is 107 Å². The summed E-state index contributed by atoms with van der Waals surface area (Å²) in [5.41, 5.74) is 2.47. The molecule has 2 unspecified atom stereocenters. The molecule has 51 heavy (non-hydrogen) atoms. The van der Waals surface area contributed by atoms with Gasteiger partial charge in [0.1, 0.15) is 0 Å². The number of aromatic nitrogens is 3. The number of esters is 1. The lowest BCUT2D eigenvalue weighted by Gasteiger charge is -2.39. The Morgan fingerprint density at radius 1 is 1.10 bits per heavy atom. The first kappa shape index (κ1) is 34.7. The highest BCUT2D eigenvalue weighted by molar-refractivity contribution is 6.72. The number of halogens is 1. The van der Waals surface area contributed by atoms with Gasteiger partial charge in [-0.3, -0.25) is 24.0 Å². The summed E-state index contributed by atoms with van der Waals surface area (Å²) >= 11 is 0. The van der Waals surface area contributed by atoms with Crippen LogP contribution < -0.4 is 9.80 Å². The van der Waals surface area contributed by atoms with E-state index in [1.54, 1.807) is 34.8 Å². The van der Waals surface area contributed by atoms with Gasteiger partial charge in [-0.1, -0.05) is 72.8 Å². The molecule has 0 radical (unpaired) electrons. The zero-order valence-electron chi connectivity index (χ0n) is 29.1. The monoisotopic (exact) mass is 711 g/mol. The van der Waals surface area contributed by atoms with E-state index < -0.39 is 43.8 Å². The van der Waals surface area contributed by atoms with E-state index in [2.05, 4.69) is 10.3 Å². The van der Waals surface area contributed by atoms with Crippen molar-refractivity contribution >= 4 is 37.6 Å². The predicted molar refractivity (Wildman–Crippen MR) is 190 cm³/mol. The molecular formula is C38H42FN5O6Si. The van der Waals surface area contributed by atoms with Crippen LogP contribution in [-0.2, 0) is 42.5 Å². The van der Waals surface area contributed by atoms with Gasteiger partial charge in [0.2, 0.25) is 14.3 Å². The molecule has 3 aliphatic heterocycles. The fraction of sp³-hybridized carbons (Fsp3) is 0.395. The van der Waals surface area contributed by atoms with Crippen molar-refractivity contribution in [3.63, 3.8) is 0 Å². The highest BCUT2D eigenvalue weighted by Gasteiger charge is 2.66. The molecule has 2 saturated heterocycles. The predicted octanol–water partition coefficient (Wildman–Crippen LogP) is 5.44. The Hall–Kier alpha value is -4.72. The van der Waals surface area contributed by atoms with Crippen LogP contribution in [0.5, 0.6) is 0 Å². The molecule has 11 nitrogen and oxygen atoms in total. The van der Waals surface area contributed by atoms with Gasteiger partial charge in [-0.15, -0.1) is 5.10 Å². The van der Waals surface area contributed by atoms with Gasteiger partial charge in [0, 0.05) is 42.4 Å². The van der Waals surface area contributed by atoms with Gasteiger partial charge in [-0.25, -0.2) is 0 Å². The number of aliphatic hydroxyl groups is 1. The van der Waals surface area contributed by atoms with Crippen LogP contribution in [0, 0.1) is 5.92 Å². The third-order valence-electron chi connectivity index (χ3n) is 10.5. The van der Waals surface area contributed by atoms with Gasteiger partial charge in [-0.2, -0.15) is 0 Å². The van der Waals surface area contributed by atoms with E-state index in [4.69, 9.17) is 9.47 Å². The largest absolute Gasteiger partial charge is 0.441 e. The number of para-hydroxylation sites is 1. The smallest absolute Gasteiger partial charge is 0.304 e. The van der Waals surface area contributed by atoms with Gasteiger partial charge >= 0.3 is 5.97 Å². The molecule has 1 N–H and O–H groups in total. The number of nitrogens with zero attached hydrogens (tertiary/aromatic N) is 5. The van der Waals surface area contributed by atoms with Crippen molar-refractivity contribution in [3.8, 4) is 0 Å². The number of ether oxygens (including phenoxy) is 2. The maximum atomic E-state index is 16.4. The SMILES string of the molecule is CC(=O)OC1CC(=O)N1c1cccc(CN2C(=O)[C@@]3(O[C@@H](CCn4cc(C(CO)c5ccccc5)nn4)[C@H]([Si](C)(C)F)[C@H]3C)c3ccccc32)c1. The fourth-order valence-electron chi connectivity index (χ4n) is 8.30. The minimum atomic E-state index is -3.38. The van der Waals surface area contributed by atoms with Gasteiger partial charge in [0.15, 0.2) is 11.8 Å². The first-order valence-electron chi connectivity index (χ1n) is 17.3. The second-order valence-corrected chi connectivity index (χ2v) is 18.0. The van der Waals surface area contributed by atoms with Gasteiger partial charge in [-0.05, 0) is 48.8 Å². The second-order valence-electron chi connectivity index (χ2n) is 14.2. The number of fused-ring (bicyclic) bond motifs is 2. The average molecular weight is 712 g/mol. The molecule has 3 aliphatic rings. The zero-order valence-corrected chi connectivity index (χ0v) is 30.1. The number of aliphatic hydroxyl groups excluding tert-OH is 1. The number of aryl methyl sites for hydroxylation is 1. The highest BCUT2D eigenvalue weighted by Crippen LogP contribution is 2.60. The Balaban J connectivity index is 1.14. The summed E-state index contributed by atoms with van der Waals surface area (Å²) < 4.78 is 30.2. The maximum Gasteiger partial charge on any atom is 0.304 e. The highest BCUT2D eigenvalue weighted by atomic mass is 28.4. The fourth-order valence-corrected chi connectivity index (χ4v) is 10.8. The molecule has 266 valence electrons. The molecule has 2 fully saturated rings. The van der Waals surface area contributed by atoms with Crippen molar-refractivity contribution in [2.24, 2.45) is 5.92 Å². The van der Waals surface area contributed by atoms with Crippen LogP contribution in [0.1, 0.15) is 55.0 Å². The van der Waals surface area contributed by atoms with Gasteiger partial charge in [0.25, 0.3) is 5.91 Å². The molecule has 7 rings (SSSR count). The Bertz CT molecular complexity index is 1950. The number of hydrogen-bond donors (Lipinski definition) is 1. The second kappa shape index (κ2) is 13.4. The number of benzene rings is 3. The molecule has 1 spiro atoms. The van der Waals surface area contributed by atoms with Crippen molar-refractivity contribution in [1.82, 2.24) is 15.0 Å². The molecule has 6 atom stereocenters. The van der Waals surface area contributed by atoms with Crippen LogP contribution in [0.3, 0.4) is 0 Å². The number of amides is 2. The zero-order chi connectivity index (χ0) is 36.1. The molecule has 3 aromatic carbocycles. The van der Waals surface area contributed by atoms with Crippen molar-refractivity contribution < 1.29 is 33.1 Å². The van der Waals surface area contributed by atoms with Crippen LogP contribution in [-0.4, -0.2) is 65.2 Å². The Labute approximate surface area is 297 Å². The lowest BCUT2D eigenvalue weighted by molar-refractivity contribution is -0.154. The summed E-state index contributed by atoms with van der Waals surface area (Å²) in [5.74, 6) is -1.65. The number of carbonyl (C=O) groups is 3. The van der Waals surface area contributed by atoms with Crippen LogP contribution in [0.4, 0.5) is 15.5 Å². The molecular weight excluding hydrogens is 670 g/mol. The molecule has 1 aromatic heterocycles. The summed E-state index contributed by atoms with van der Waals surface area (Å²) in [6, 6.07) is 24.4. The summed E-state index contributed by atoms with van der Waals surface area (Å²) in [6.07, 6.45) is 1.12. The average Bonchev–Trinajstić information content (AvgIpc) is 3.75. The van der Waals surface area contributed by atoms with Crippen molar-refractivity contribution in [1.29, 1.82) is 0 Å². The van der Waals surface area contributed by atoms with Gasteiger partial charge in [0.05, 0.1) is 43.0 Å². The third-order valence-corrected chi connectivity index (χ3v) is 13.0. The first-order valence-corrected chi connectivity index (χ1v) is 20.3. The molecule has 0 saturated carbocycles. The Morgan fingerprint density at radius 2 is 1.84 bits per heavy atom. The minimum Gasteiger partial charge on any atom is -0.441 e. The van der Waals surface area contributed by atoms with Crippen LogP contribution >= 0.6 is 0 Å². The topological polar surface area (TPSA) is 127 Å². The third kappa shape index (κ3) is 6.17. The molecule has 0 bridgehead atoms. The van der Waals surface area contributed by atoms with Crippen molar-refractivity contribution in [2.45, 2.75) is 82.3 Å². The first-order chi connectivity index (χ1) is 24.4. The standard InChI is InChI=1S/C38H42FN5O6Si/c1-24-36(51(3,4)39)33(17-18-42-22-31(40-41-42)29(23-45)27-12-6-5-7-13-27)50-38(24)30-15-8-9-16-32(30)43(37(38)48)21-26-11-10-14-28(19-26)44-34(47)20-35(44)49-25(2)46/h5-16,19,22,24,29,33,35-36,45H,17-18,20-21,23H2,1-4H3/t24-,29?,33+,35?,36-,38+/m1/s1. The summed E-state index contributed by atoms with van der Waals surface area (Å²) in [7, 11) is -3.38.